The first-order valence-electron chi connectivity index (χ1n) is 4.33. The van der Waals surface area contributed by atoms with Crippen LogP contribution in [0.5, 0.6) is 0 Å². The Morgan fingerprint density at radius 2 is 2.20 bits per heavy atom. The Bertz CT molecular complexity index is 429. The molecule has 15 heavy (non-hydrogen) atoms. The van der Waals surface area contributed by atoms with Crippen molar-refractivity contribution in [2.24, 2.45) is 5.73 Å². The Morgan fingerprint density at radius 1 is 1.60 bits per heavy atom. The van der Waals surface area contributed by atoms with Gasteiger partial charge in [0.25, 0.3) is 10.0 Å². The van der Waals surface area contributed by atoms with Crippen molar-refractivity contribution in [2.75, 3.05) is 13.6 Å². The van der Waals surface area contributed by atoms with E-state index in [4.69, 9.17) is 10.2 Å². The van der Waals surface area contributed by atoms with Crippen LogP contribution in [0.15, 0.2) is 26.3 Å². The van der Waals surface area contributed by atoms with Crippen LogP contribution in [0.3, 0.4) is 0 Å². The van der Waals surface area contributed by atoms with Crippen molar-refractivity contribution in [1.82, 2.24) is 4.31 Å². The minimum atomic E-state index is -3.57. The molecule has 2 N–H and O–H groups in total. The summed E-state index contributed by atoms with van der Waals surface area (Å²) in [4.78, 5) is 0. The van der Waals surface area contributed by atoms with Gasteiger partial charge in [-0.2, -0.15) is 4.31 Å². The maximum atomic E-state index is 11.9. The Hall–Kier alpha value is -0.370. The summed E-state index contributed by atoms with van der Waals surface area (Å²) in [5.41, 5.74) is 5.41. The molecular weight excluding hydrogens is 284 g/mol. The van der Waals surface area contributed by atoms with E-state index in [1.54, 1.807) is 6.92 Å². The van der Waals surface area contributed by atoms with Gasteiger partial charge >= 0.3 is 0 Å². The van der Waals surface area contributed by atoms with Crippen molar-refractivity contribution in [3.8, 4) is 0 Å². The third-order valence-electron chi connectivity index (χ3n) is 2.14. The molecule has 1 unspecified atom stereocenters. The summed E-state index contributed by atoms with van der Waals surface area (Å²) in [6.07, 6.45) is 0. The van der Waals surface area contributed by atoms with Crippen molar-refractivity contribution >= 4 is 26.0 Å². The highest BCUT2D eigenvalue weighted by Gasteiger charge is 2.27. The fourth-order valence-electron chi connectivity index (χ4n) is 0.964. The van der Waals surface area contributed by atoms with Crippen LogP contribution in [0.1, 0.15) is 6.92 Å². The van der Waals surface area contributed by atoms with E-state index in [2.05, 4.69) is 15.9 Å². The van der Waals surface area contributed by atoms with Crippen LogP contribution in [0.4, 0.5) is 0 Å². The van der Waals surface area contributed by atoms with E-state index in [1.807, 2.05) is 0 Å². The lowest BCUT2D eigenvalue weighted by Crippen LogP contribution is -2.39. The van der Waals surface area contributed by atoms with Gasteiger partial charge in [0.05, 0.1) is 0 Å². The van der Waals surface area contributed by atoms with E-state index < -0.39 is 10.0 Å². The van der Waals surface area contributed by atoms with E-state index in [0.717, 1.165) is 0 Å². The van der Waals surface area contributed by atoms with Crippen molar-refractivity contribution in [1.29, 1.82) is 0 Å². The molecule has 0 saturated carbocycles. The van der Waals surface area contributed by atoms with Gasteiger partial charge in [0.1, 0.15) is 0 Å². The van der Waals surface area contributed by atoms with Gasteiger partial charge < -0.3 is 10.2 Å². The first-order valence-corrected chi connectivity index (χ1v) is 6.56. The van der Waals surface area contributed by atoms with Crippen LogP contribution < -0.4 is 5.73 Å². The molecule has 0 radical (unpaired) electrons. The predicted octanol–water partition coefficient (Wildman–Crippen LogP) is 1.01. The molecule has 0 spiro atoms. The lowest BCUT2D eigenvalue weighted by molar-refractivity contribution is 0.363. The number of furan rings is 1. The summed E-state index contributed by atoms with van der Waals surface area (Å²) in [6, 6.07) is 2.67. The summed E-state index contributed by atoms with van der Waals surface area (Å²) in [5.74, 6) is 0. The molecule has 1 aromatic rings. The van der Waals surface area contributed by atoms with Crippen molar-refractivity contribution in [2.45, 2.75) is 18.1 Å². The van der Waals surface area contributed by atoms with E-state index in [0.29, 0.717) is 4.67 Å². The van der Waals surface area contributed by atoms with Crippen LogP contribution >= 0.6 is 15.9 Å². The number of sulfonamides is 1. The molecule has 0 aliphatic rings. The van der Waals surface area contributed by atoms with Gasteiger partial charge in [-0.25, -0.2) is 8.42 Å². The topological polar surface area (TPSA) is 76.5 Å². The second kappa shape index (κ2) is 4.65. The van der Waals surface area contributed by atoms with Gasteiger partial charge in [0, 0.05) is 19.6 Å². The molecular formula is C8H13BrN2O3S. The first-order chi connectivity index (χ1) is 6.89. The Morgan fingerprint density at radius 3 is 2.60 bits per heavy atom. The molecule has 0 bridgehead atoms. The quantitative estimate of drug-likeness (QED) is 0.900. The van der Waals surface area contributed by atoms with Gasteiger partial charge in [-0.1, -0.05) is 0 Å². The molecule has 0 amide bonds. The molecule has 0 fully saturated rings. The molecule has 1 atom stereocenters. The summed E-state index contributed by atoms with van der Waals surface area (Å²) in [5, 5.41) is -0.0859. The largest absolute Gasteiger partial charge is 0.437 e. The van der Waals surface area contributed by atoms with E-state index in [9.17, 15) is 8.42 Å². The molecule has 1 aromatic heterocycles. The van der Waals surface area contributed by atoms with Crippen molar-refractivity contribution in [3.05, 3.63) is 16.8 Å². The number of nitrogens with zero attached hydrogens (tertiary/aromatic N) is 1. The van der Waals surface area contributed by atoms with Gasteiger partial charge in [0.2, 0.25) is 5.09 Å². The number of halogens is 1. The average molecular weight is 297 g/mol. The van der Waals surface area contributed by atoms with E-state index in [1.165, 1.54) is 23.5 Å². The number of rotatable bonds is 4. The summed E-state index contributed by atoms with van der Waals surface area (Å²) >= 11 is 3.05. The number of likely N-dealkylation sites (N-methyl/N-ethyl adjacent to an activating group) is 1. The number of hydrogen-bond acceptors (Lipinski definition) is 4. The van der Waals surface area contributed by atoms with Gasteiger partial charge in [-0.15, -0.1) is 0 Å². The van der Waals surface area contributed by atoms with Crippen LogP contribution in [0.25, 0.3) is 0 Å². The monoisotopic (exact) mass is 296 g/mol. The molecule has 1 heterocycles. The summed E-state index contributed by atoms with van der Waals surface area (Å²) in [6.45, 7) is 1.99. The first kappa shape index (κ1) is 12.7. The maximum Gasteiger partial charge on any atom is 0.276 e. The Labute approximate surface area is 97.4 Å². The molecule has 0 aliphatic heterocycles. The SMILES string of the molecule is CC(CN)N(C)S(=O)(=O)c1ccc(Br)o1. The van der Waals surface area contributed by atoms with Crippen LogP contribution in [0, 0.1) is 0 Å². The molecule has 7 heteroatoms. The second-order valence-electron chi connectivity index (χ2n) is 3.16. The van der Waals surface area contributed by atoms with Crippen molar-refractivity contribution < 1.29 is 12.8 Å². The third-order valence-corrected chi connectivity index (χ3v) is 4.42. The van der Waals surface area contributed by atoms with Crippen molar-refractivity contribution in [3.63, 3.8) is 0 Å². The van der Waals surface area contributed by atoms with E-state index in [-0.39, 0.29) is 17.7 Å². The predicted molar refractivity (Wildman–Crippen MR) is 59.9 cm³/mol. The van der Waals surface area contributed by atoms with Gasteiger partial charge in [-0.05, 0) is 35.0 Å². The number of hydrogen-bond donors (Lipinski definition) is 1. The Balaban J connectivity index is 3.03. The number of nitrogens with two attached hydrogens (primary N) is 1. The molecule has 0 aromatic carbocycles. The molecule has 0 saturated heterocycles. The molecule has 1 rings (SSSR count). The van der Waals surface area contributed by atoms with Crippen LogP contribution in [0.2, 0.25) is 0 Å². The fourth-order valence-corrected chi connectivity index (χ4v) is 2.66. The van der Waals surface area contributed by atoms with Crippen LogP contribution in [-0.4, -0.2) is 32.4 Å². The highest BCUT2D eigenvalue weighted by atomic mass is 79.9. The standard InChI is InChI=1S/C8H13BrN2O3S/c1-6(5-10)11(2)15(12,13)8-4-3-7(9)14-8/h3-4,6H,5,10H2,1-2H3. The highest BCUT2D eigenvalue weighted by Crippen LogP contribution is 2.22. The third kappa shape index (κ3) is 2.60. The lowest BCUT2D eigenvalue weighted by Gasteiger charge is -2.21. The Kier molecular flexibility index (Phi) is 3.93. The average Bonchev–Trinajstić information content (AvgIpc) is 2.63. The van der Waals surface area contributed by atoms with Gasteiger partial charge in [-0.3, -0.25) is 0 Å². The summed E-state index contributed by atoms with van der Waals surface area (Å²) < 4.78 is 30.4. The zero-order valence-corrected chi connectivity index (χ0v) is 10.9. The molecule has 86 valence electrons. The normalized spacial score (nSPS) is 14.5. The lowest BCUT2D eigenvalue weighted by atomic mass is 10.4. The summed E-state index contributed by atoms with van der Waals surface area (Å²) in [7, 11) is -2.10. The smallest absolute Gasteiger partial charge is 0.276 e. The maximum absolute atomic E-state index is 11.9. The molecule has 5 nitrogen and oxygen atoms in total. The minimum absolute atomic E-state index is 0.0859. The van der Waals surface area contributed by atoms with E-state index >= 15 is 0 Å². The molecule has 0 aliphatic carbocycles. The van der Waals surface area contributed by atoms with Gasteiger partial charge in [0.15, 0.2) is 4.67 Å². The zero-order chi connectivity index (χ0) is 11.6. The second-order valence-corrected chi connectivity index (χ2v) is 5.87. The van der Waals surface area contributed by atoms with Crippen LogP contribution in [-0.2, 0) is 10.0 Å². The fraction of sp³-hybridized carbons (Fsp3) is 0.500. The highest BCUT2D eigenvalue weighted by molar-refractivity contribution is 9.10. The minimum Gasteiger partial charge on any atom is -0.437 e. The zero-order valence-electron chi connectivity index (χ0n) is 8.47.